The standard InChI is InChI=1S/C24H24FNO3/c1-27-21-9-7-17(8-10-21)19-13-20-16-26(15-18-5-3-4-6-22(18)25)11-12-29-24(20)23(14-19)28-2/h3-10,13-14H,11-12,15-16H2,1-2H3. The Kier molecular flexibility index (Phi) is 5.67. The number of rotatable bonds is 5. The molecule has 1 heterocycles. The van der Waals surface area contributed by atoms with Crippen molar-refractivity contribution in [2.24, 2.45) is 0 Å². The molecule has 4 rings (SSSR count). The fourth-order valence-electron chi connectivity index (χ4n) is 3.64. The van der Waals surface area contributed by atoms with Gasteiger partial charge in [0.1, 0.15) is 18.2 Å². The highest BCUT2D eigenvalue weighted by Crippen LogP contribution is 2.38. The molecule has 3 aromatic carbocycles. The fourth-order valence-corrected chi connectivity index (χ4v) is 3.64. The Labute approximate surface area is 170 Å². The quantitative estimate of drug-likeness (QED) is 0.617. The lowest BCUT2D eigenvalue weighted by atomic mass is 10.0. The van der Waals surface area contributed by atoms with Crippen LogP contribution >= 0.6 is 0 Å². The molecule has 1 aliphatic rings. The number of ether oxygens (including phenoxy) is 3. The van der Waals surface area contributed by atoms with Gasteiger partial charge in [0.05, 0.1) is 14.2 Å². The molecular formula is C24H24FNO3. The molecule has 5 heteroatoms. The molecule has 29 heavy (non-hydrogen) atoms. The number of hydrogen-bond donors (Lipinski definition) is 0. The highest BCUT2D eigenvalue weighted by molar-refractivity contribution is 5.70. The highest BCUT2D eigenvalue weighted by atomic mass is 19.1. The Morgan fingerprint density at radius 2 is 1.76 bits per heavy atom. The number of fused-ring (bicyclic) bond motifs is 1. The van der Waals surface area contributed by atoms with Crippen molar-refractivity contribution in [1.29, 1.82) is 0 Å². The smallest absolute Gasteiger partial charge is 0.165 e. The molecule has 0 radical (unpaired) electrons. The Morgan fingerprint density at radius 3 is 2.48 bits per heavy atom. The number of nitrogens with zero attached hydrogens (tertiary/aromatic N) is 1. The molecule has 0 aromatic heterocycles. The number of benzene rings is 3. The monoisotopic (exact) mass is 393 g/mol. The lowest BCUT2D eigenvalue weighted by Gasteiger charge is -2.20. The number of methoxy groups -OCH3 is 2. The first-order valence-corrected chi connectivity index (χ1v) is 9.62. The van der Waals surface area contributed by atoms with Gasteiger partial charge in [0.25, 0.3) is 0 Å². The normalized spacial score (nSPS) is 13.9. The van der Waals surface area contributed by atoms with Gasteiger partial charge in [0.15, 0.2) is 11.5 Å². The first-order valence-electron chi connectivity index (χ1n) is 9.62. The summed E-state index contributed by atoms with van der Waals surface area (Å²) in [6.07, 6.45) is 0. The minimum Gasteiger partial charge on any atom is -0.497 e. The topological polar surface area (TPSA) is 30.9 Å². The van der Waals surface area contributed by atoms with Gasteiger partial charge in [-0.25, -0.2) is 4.39 Å². The van der Waals surface area contributed by atoms with Gasteiger partial charge in [0.2, 0.25) is 0 Å². The van der Waals surface area contributed by atoms with E-state index in [4.69, 9.17) is 14.2 Å². The number of hydrogen-bond acceptors (Lipinski definition) is 4. The van der Waals surface area contributed by atoms with E-state index in [0.29, 0.717) is 37.6 Å². The minimum absolute atomic E-state index is 0.178. The maximum absolute atomic E-state index is 14.1. The van der Waals surface area contributed by atoms with Crippen LogP contribution in [0.3, 0.4) is 0 Å². The van der Waals surface area contributed by atoms with Crippen LogP contribution in [0.4, 0.5) is 4.39 Å². The van der Waals surface area contributed by atoms with Crippen LogP contribution in [-0.4, -0.2) is 32.3 Å². The molecule has 4 nitrogen and oxygen atoms in total. The molecule has 0 amide bonds. The predicted molar refractivity (Wildman–Crippen MR) is 111 cm³/mol. The molecule has 0 spiro atoms. The van der Waals surface area contributed by atoms with Crippen LogP contribution in [0.25, 0.3) is 11.1 Å². The van der Waals surface area contributed by atoms with Gasteiger partial charge in [-0.1, -0.05) is 30.3 Å². The van der Waals surface area contributed by atoms with Gasteiger partial charge in [0, 0.05) is 30.8 Å². The summed E-state index contributed by atoms with van der Waals surface area (Å²) < 4.78 is 31.0. The number of halogens is 1. The fraction of sp³-hybridized carbons (Fsp3) is 0.250. The average Bonchev–Trinajstić information content (AvgIpc) is 2.96. The third-order valence-corrected chi connectivity index (χ3v) is 5.17. The second-order valence-corrected chi connectivity index (χ2v) is 7.05. The van der Waals surface area contributed by atoms with Crippen LogP contribution in [0.2, 0.25) is 0 Å². The zero-order valence-electron chi connectivity index (χ0n) is 16.7. The molecule has 1 aliphatic heterocycles. The molecule has 0 atom stereocenters. The molecule has 0 saturated heterocycles. The molecule has 3 aromatic rings. The molecule has 150 valence electrons. The first-order chi connectivity index (χ1) is 14.2. The third-order valence-electron chi connectivity index (χ3n) is 5.17. The van der Waals surface area contributed by atoms with Crippen molar-refractivity contribution in [1.82, 2.24) is 4.90 Å². The van der Waals surface area contributed by atoms with Gasteiger partial charge in [-0.3, -0.25) is 4.90 Å². The average molecular weight is 393 g/mol. The van der Waals surface area contributed by atoms with Crippen LogP contribution < -0.4 is 14.2 Å². The molecule has 0 N–H and O–H groups in total. The van der Waals surface area contributed by atoms with Crippen LogP contribution in [0.5, 0.6) is 17.2 Å². The van der Waals surface area contributed by atoms with Crippen molar-refractivity contribution in [2.45, 2.75) is 13.1 Å². The summed E-state index contributed by atoms with van der Waals surface area (Å²) in [5.74, 6) is 2.11. The van der Waals surface area contributed by atoms with E-state index in [9.17, 15) is 4.39 Å². The Morgan fingerprint density at radius 1 is 0.966 bits per heavy atom. The van der Waals surface area contributed by atoms with E-state index >= 15 is 0 Å². The van der Waals surface area contributed by atoms with E-state index < -0.39 is 0 Å². The summed E-state index contributed by atoms with van der Waals surface area (Å²) in [4.78, 5) is 2.20. The molecular weight excluding hydrogens is 369 g/mol. The first kappa shape index (κ1) is 19.3. The Bertz CT molecular complexity index is 988. The van der Waals surface area contributed by atoms with Crippen LogP contribution in [0, 0.1) is 5.82 Å². The van der Waals surface area contributed by atoms with E-state index in [0.717, 1.165) is 28.2 Å². The molecule has 0 bridgehead atoms. The van der Waals surface area contributed by atoms with Crippen molar-refractivity contribution in [3.05, 3.63) is 77.6 Å². The molecule has 0 aliphatic carbocycles. The Hall–Kier alpha value is -3.05. The summed E-state index contributed by atoms with van der Waals surface area (Å²) in [6.45, 7) is 2.43. The Balaban J connectivity index is 1.66. The summed E-state index contributed by atoms with van der Waals surface area (Å²) in [7, 11) is 3.31. The van der Waals surface area contributed by atoms with Gasteiger partial charge < -0.3 is 14.2 Å². The minimum atomic E-state index is -0.178. The van der Waals surface area contributed by atoms with E-state index in [1.54, 1.807) is 20.3 Å². The molecule has 0 unspecified atom stereocenters. The summed E-state index contributed by atoms with van der Waals surface area (Å²) in [5, 5.41) is 0. The zero-order chi connectivity index (χ0) is 20.2. The van der Waals surface area contributed by atoms with Crippen molar-refractivity contribution in [3.8, 4) is 28.4 Å². The third kappa shape index (κ3) is 4.20. The van der Waals surface area contributed by atoms with Crippen LogP contribution in [-0.2, 0) is 13.1 Å². The molecule has 0 fully saturated rings. The van der Waals surface area contributed by atoms with E-state index in [1.807, 2.05) is 42.5 Å². The van der Waals surface area contributed by atoms with Crippen LogP contribution in [0.15, 0.2) is 60.7 Å². The summed E-state index contributed by atoms with van der Waals surface area (Å²) >= 11 is 0. The van der Waals surface area contributed by atoms with Crippen LogP contribution in [0.1, 0.15) is 11.1 Å². The van der Waals surface area contributed by atoms with Gasteiger partial charge in [-0.15, -0.1) is 0 Å². The van der Waals surface area contributed by atoms with Crippen molar-refractivity contribution in [2.75, 3.05) is 27.4 Å². The zero-order valence-corrected chi connectivity index (χ0v) is 16.7. The highest BCUT2D eigenvalue weighted by Gasteiger charge is 2.21. The second kappa shape index (κ2) is 8.53. The van der Waals surface area contributed by atoms with Gasteiger partial charge in [-0.2, -0.15) is 0 Å². The predicted octanol–water partition coefficient (Wildman–Crippen LogP) is 4.90. The van der Waals surface area contributed by atoms with E-state index in [2.05, 4.69) is 11.0 Å². The lowest BCUT2D eigenvalue weighted by molar-refractivity contribution is 0.215. The lowest BCUT2D eigenvalue weighted by Crippen LogP contribution is -2.25. The van der Waals surface area contributed by atoms with Gasteiger partial charge in [-0.05, 0) is 41.5 Å². The summed E-state index contributed by atoms with van der Waals surface area (Å²) in [6, 6.07) is 19.0. The van der Waals surface area contributed by atoms with Crippen molar-refractivity contribution < 1.29 is 18.6 Å². The van der Waals surface area contributed by atoms with E-state index in [1.165, 1.54) is 6.07 Å². The van der Waals surface area contributed by atoms with Gasteiger partial charge >= 0.3 is 0 Å². The maximum Gasteiger partial charge on any atom is 0.165 e. The van der Waals surface area contributed by atoms with Crippen molar-refractivity contribution >= 4 is 0 Å². The van der Waals surface area contributed by atoms with E-state index in [-0.39, 0.29) is 5.82 Å². The second-order valence-electron chi connectivity index (χ2n) is 7.05. The maximum atomic E-state index is 14.1. The summed E-state index contributed by atoms with van der Waals surface area (Å²) in [5.41, 5.74) is 3.83. The largest absolute Gasteiger partial charge is 0.497 e. The SMILES string of the molecule is COc1ccc(-c2cc3c(c(OC)c2)OCCN(Cc2ccccc2F)C3)cc1. The molecule has 0 saturated carbocycles. The van der Waals surface area contributed by atoms with Crippen molar-refractivity contribution in [3.63, 3.8) is 0 Å².